The normalized spacial score (nSPS) is 16.6. The van der Waals surface area contributed by atoms with Gasteiger partial charge in [0.15, 0.2) is 0 Å². The van der Waals surface area contributed by atoms with E-state index in [1.54, 1.807) is 0 Å². The van der Waals surface area contributed by atoms with Crippen molar-refractivity contribution in [1.29, 1.82) is 0 Å². The summed E-state index contributed by atoms with van der Waals surface area (Å²) in [5.74, 6) is 0. The van der Waals surface area contributed by atoms with Gasteiger partial charge in [-0.25, -0.2) is 13.4 Å². The van der Waals surface area contributed by atoms with Crippen molar-refractivity contribution in [1.82, 2.24) is 10.3 Å². The number of rotatable bonds is 3. The van der Waals surface area contributed by atoms with E-state index in [0.717, 1.165) is 0 Å². The van der Waals surface area contributed by atoms with Crippen LogP contribution in [0.5, 0.6) is 0 Å². The Morgan fingerprint density at radius 1 is 1.37 bits per heavy atom. The Hall–Kier alpha value is -1.25. The van der Waals surface area contributed by atoms with Crippen LogP contribution in [0.1, 0.15) is 12.8 Å². The summed E-state index contributed by atoms with van der Waals surface area (Å²) in [6.45, 7) is 1.20. The zero-order valence-electron chi connectivity index (χ0n) is 9.98. The van der Waals surface area contributed by atoms with Gasteiger partial charge in [-0.05, 0) is 32.0 Å². The molecule has 1 fully saturated rings. The van der Waals surface area contributed by atoms with Crippen LogP contribution in [0.25, 0.3) is 0 Å². The molecule has 0 radical (unpaired) electrons. The van der Waals surface area contributed by atoms with E-state index < -0.39 is 30.7 Å². The van der Waals surface area contributed by atoms with Gasteiger partial charge in [0, 0.05) is 12.3 Å². The van der Waals surface area contributed by atoms with Crippen LogP contribution in [0, 0.1) is 10.1 Å². The number of aromatic nitrogens is 1. The number of piperidine rings is 1. The molecule has 7 nitrogen and oxygen atoms in total. The lowest BCUT2D eigenvalue weighted by atomic mass is 10.2. The maximum atomic E-state index is 12.3. The lowest BCUT2D eigenvalue weighted by molar-refractivity contribution is -0.388. The van der Waals surface area contributed by atoms with Crippen LogP contribution in [-0.4, -0.2) is 36.7 Å². The fraction of sp³-hybridized carbons (Fsp3) is 0.500. The second-order valence-electron chi connectivity index (χ2n) is 4.08. The van der Waals surface area contributed by atoms with Crippen LogP contribution in [0.15, 0.2) is 23.4 Å². The van der Waals surface area contributed by atoms with Gasteiger partial charge in [0.2, 0.25) is 14.9 Å². The Kier molecular flexibility index (Phi) is 5.21. The van der Waals surface area contributed by atoms with Crippen molar-refractivity contribution in [3.63, 3.8) is 0 Å². The molecule has 1 saturated heterocycles. The van der Waals surface area contributed by atoms with Gasteiger partial charge in [-0.1, -0.05) is 0 Å². The van der Waals surface area contributed by atoms with E-state index in [-0.39, 0.29) is 12.4 Å². The Morgan fingerprint density at radius 3 is 2.58 bits per heavy atom. The van der Waals surface area contributed by atoms with E-state index >= 15 is 0 Å². The number of hydrogen-bond acceptors (Lipinski definition) is 6. The molecule has 1 N–H and O–H groups in total. The third-order valence-corrected chi connectivity index (χ3v) is 5.14. The lowest BCUT2D eigenvalue weighted by Crippen LogP contribution is -2.36. The minimum Gasteiger partial charge on any atom is -0.317 e. The van der Waals surface area contributed by atoms with Crippen LogP contribution >= 0.6 is 12.4 Å². The molecule has 0 aromatic carbocycles. The van der Waals surface area contributed by atoms with Crippen molar-refractivity contribution < 1.29 is 13.3 Å². The zero-order chi connectivity index (χ0) is 13.2. The second-order valence-corrected chi connectivity index (χ2v) is 6.22. The summed E-state index contributed by atoms with van der Waals surface area (Å²) in [6, 6.07) is 2.53. The van der Waals surface area contributed by atoms with Crippen molar-refractivity contribution in [2.75, 3.05) is 13.1 Å². The van der Waals surface area contributed by atoms with Gasteiger partial charge in [-0.2, -0.15) is 0 Å². The van der Waals surface area contributed by atoms with Crippen LogP contribution in [0.2, 0.25) is 0 Å². The number of halogens is 1. The van der Waals surface area contributed by atoms with Crippen molar-refractivity contribution >= 4 is 27.9 Å². The van der Waals surface area contributed by atoms with Crippen molar-refractivity contribution in [3.05, 3.63) is 28.4 Å². The quantitative estimate of drug-likeness (QED) is 0.658. The fourth-order valence-electron chi connectivity index (χ4n) is 2.00. The Bertz CT molecular complexity index is 558. The van der Waals surface area contributed by atoms with Gasteiger partial charge in [0.25, 0.3) is 0 Å². The molecule has 0 aliphatic carbocycles. The van der Waals surface area contributed by atoms with Crippen LogP contribution < -0.4 is 5.32 Å². The van der Waals surface area contributed by atoms with E-state index in [1.165, 1.54) is 18.3 Å². The molecule has 2 rings (SSSR count). The third-order valence-electron chi connectivity index (χ3n) is 2.94. The van der Waals surface area contributed by atoms with E-state index in [1.807, 2.05) is 0 Å². The average Bonchev–Trinajstić information content (AvgIpc) is 2.39. The summed E-state index contributed by atoms with van der Waals surface area (Å²) < 4.78 is 24.6. The summed E-state index contributed by atoms with van der Waals surface area (Å²) in [5.41, 5.74) is -0.448. The van der Waals surface area contributed by atoms with E-state index in [9.17, 15) is 18.5 Å². The molecule has 0 bridgehead atoms. The minimum absolute atomic E-state index is 0. The van der Waals surface area contributed by atoms with E-state index in [2.05, 4.69) is 10.3 Å². The summed E-state index contributed by atoms with van der Waals surface area (Å²) in [7, 11) is -3.73. The first-order valence-electron chi connectivity index (χ1n) is 5.57. The molecule has 1 aromatic rings. The highest BCUT2D eigenvalue weighted by Crippen LogP contribution is 2.27. The van der Waals surface area contributed by atoms with Gasteiger partial charge in [-0.3, -0.25) is 10.1 Å². The van der Waals surface area contributed by atoms with Crippen LogP contribution in [0.3, 0.4) is 0 Å². The highest BCUT2D eigenvalue weighted by atomic mass is 35.5. The van der Waals surface area contributed by atoms with Gasteiger partial charge >= 0.3 is 5.69 Å². The molecule has 9 heteroatoms. The number of nitrogens with one attached hydrogen (secondary N) is 1. The Morgan fingerprint density at radius 2 is 2.00 bits per heavy atom. The van der Waals surface area contributed by atoms with Gasteiger partial charge < -0.3 is 5.32 Å². The summed E-state index contributed by atoms with van der Waals surface area (Å²) >= 11 is 0. The van der Waals surface area contributed by atoms with Gasteiger partial charge in [0.1, 0.15) is 0 Å². The molecule has 0 spiro atoms. The first kappa shape index (κ1) is 15.8. The predicted molar refractivity (Wildman–Crippen MR) is 71.2 cm³/mol. The first-order valence-corrected chi connectivity index (χ1v) is 7.12. The highest BCUT2D eigenvalue weighted by molar-refractivity contribution is 7.92. The molecular weight excluding hydrogens is 294 g/mol. The average molecular weight is 308 g/mol. The largest absolute Gasteiger partial charge is 0.317 e. The number of sulfone groups is 1. The van der Waals surface area contributed by atoms with E-state index in [4.69, 9.17) is 0 Å². The molecule has 2 heterocycles. The maximum absolute atomic E-state index is 12.3. The number of nitrogens with zero attached hydrogens (tertiary/aromatic N) is 2. The minimum atomic E-state index is -3.73. The van der Waals surface area contributed by atoms with Gasteiger partial charge in [-0.15, -0.1) is 12.4 Å². The molecule has 0 saturated carbocycles. The van der Waals surface area contributed by atoms with Crippen LogP contribution in [-0.2, 0) is 9.84 Å². The van der Waals surface area contributed by atoms with Gasteiger partial charge in [0.05, 0.1) is 10.2 Å². The Balaban J connectivity index is 0.00000180. The standard InChI is InChI=1S/C10H13N3O4S.ClH/c14-13(15)9-2-1-5-12-10(9)18(16,17)8-3-6-11-7-4-8;/h1-2,5,8,11H,3-4,6-7H2;1H. The first-order chi connectivity index (χ1) is 8.53. The van der Waals surface area contributed by atoms with Crippen molar-refractivity contribution in [2.45, 2.75) is 23.1 Å². The smallest absolute Gasteiger partial charge is 0.306 e. The molecule has 1 aliphatic rings. The summed E-state index contributed by atoms with van der Waals surface area (Å²) in [4.78, 5) is 13.8. The predicted octanol–water partition coefficient (Wildman–Crippen LogP) is 0.937. The lowest BCUT2D eigenvalue weighted by Gasteiger charge is -2.21. The molecule has 0 unspecified atom stereocenters. The van der Waals surface area contributed by atoms with Crippen LogP contribution in [0.4, 0.5) is 5.69 Å². The number of pyridine rings is 1. The van der Waals surface area contributed by atoms with Crippen molar-refractivity contribution in [2.24, 2.45) is 0 Å². The second kappa shape index (κ2) is 6.27. The molecular formula is C10H14ClN3O4S. The highest BCUT2D eigenvalue weighted by Gasteiger charge is 2.35. The molecule has 0 atom stereocenters. The van der Waals surface area contributed by atoms with E-state index in [0.29, 0.717) is 25.9 Å². The monoisotopic (exact) mass is 307 g/mol. The molecule has 0 amide bonds. The fourth-order valence-corrected chi connectivity index (χ4v) is 3.82. The SMILES string of the molecule is Cl.O=[N+]([O-])c1cccnc1S(=O)(=O)C1CCNCC1. The number of hydrogen-bond donors (Lipinski definition) is 1. The maximum Gasteiger partial charge on any atom is 0.306 e. The molecule has 19 heavy (non-hydrogen) atoms. The summed E-state index contributed by atoms with van der Waals surface area (Å²) in [5, 5.41) is 12.9. The number of nitro groups is 1. The third kappa shape index (κ3) is 3.20. The van der Waals surface area contributed by atoms with Crippen molar-refractivity contribution in [3.8, 4) is 0 Å². The molecule has 106 valence electrons. The molecule has 1 aliphatic heterocycles. The topological polar surface area (TPSA) is 102 Å². The zero-order valence-corrected chi connectivity index (χ0v) is 11.6. The Labute approximate surface area is 116 Å². The molecule has 1 aromatic heterocycles. The summed E-state index contributed by atoms with van der Waals surface area (Å²) in [6.07, 6.45) is 2.17.